The van der Waals surface area contributed by atoms with E-state index in [1.807, 2.05) is 31.2 Å². The lowest BCUT2D eigenvalue weighted by Gasteiger charge is -2.35. The molecule has 0 aliphatic carbocycles. The Kier molecular flexibility index (Phi) is 5.64. The zero-order chi connectivity index (χ0) is 17.6. The van der Waals surface area contributed by atoms with Gasteiger partial charge in [0.1, 0.15) is 5.69 Å². The predicted octanol–water partition coefficient (Wildman–Crippen LogP) is 3.48. The van der Waals surface area contributed by atoms with Crippen LogP contribution in [0.25, 0.3) is 0 Å². The monoisotopic (exact) mass is 338 g/mol. The van der Waals surface area contributed by atoms with Gasteiger partial charge in [0.25, 0.3) is 5.91 Å². The van der Waals surface area contributed by atoms with E-state index in [0.717, 1.165) is 24.9 Å². The summed E-state index contributed by atoms with van der Waals surface area (Å²) in [5.41, 5.74) is 2.72. The summed E-state index contributed by atoms with van der Waals surface area (Å²) in [6, 6.07) is 10.2. The summed E-state index contributed by atoms with van der Waals surface area (Å²) in [5.74, 6) is 0.520. The third-order valence-electron chi connectivity index (χ3n) is 4.93. The minimum atomic E-state index is -0.156. The molecule has 1 aliphatic rings. The summed E-state index contributed by atoms with van der Waals surface area (Å²) in [7, 11) is 0. The van der Waals surface area contributed by atoms with Crippen molar-refractivity contribution in [1.29, 1.82) is 0 Å². The van der Waals surface area contributed by atoms with Crippen LogP contribution in [0.2, 0.25) is 0 Å². The summed E-state index contributed by atoms with van der Waals surface area (Å²) >= 11 is 0. The number of carbonyl (C=O) groups excluding carboxylic acids is 1. The van der Waals surface area contributed by atoms with Crippen LogP contribution < -0.4 is 10.2 Å². The van der Waals surface area contributed by atoms with Gasteiger partial charge in [-0.25, -0.2) is 9.97 Å². The molecule has 1 unspecified atom stereocenters. The molecule has 5 heteroatoms. The molecule has 3 rings (SSSR count). The van der Waals surface area contributed by atoms with Crippen molar-refractivity contribution in [1.82, 2.24) is 15.3 Å². The minimum absolute atomic E-state index is 0.156. The number of aryl methyl sites for hydroxylation is 1. The molecule has 1 fully saturated rings. The average molecular weight is 338 g/mol. The minimum Gasteiger partial charge on any atom is -0.347 e. The number of piperidine rings is 1. The normalized spacial score (nSPS) is 17.4. The third kappa shape index (κ3) is 4.16. The first kappa shape index (κ1) is 17.4. The fourth-order valence-electron chi connectivity index (χ4n) is 3.38. The van der Waals surface area contributed by atoms with Crippen LogP contribution in [0.5, 0.6) is 0 Å². The molecule has 132 valence electrons. The van der Waals surface area contributed by atoms with Gasteiger partial charge < -0.3 is 10.2 Å². The van der Waals surface area contributed by atoms with Crippen LogP contribution in [0.1, 0.15) is 54.2 Å². The van der Waals surface area contributed by atoms with Crippen LogP contribution in [0.3, 0.4) is 0 Å². The van der Waals surface area contributed by atoms with Crippen molar-refractivity contribution in [3.63, 3.8) is 0 Å². The predicted molar refractivity (Wildman–Crippen MR) is 99.7 cm³/mol. The summed E-state index contributed by atoms with van der Waals surface area (Å²) in [6.45, 7) is 5.71. The van der Waals surface area contributed by atoms with E-state index >= 15 is 0 Å². The maximum absolute atomic E-state index is 12.5. The van der Waals surface area contributed by atoms with Crippen molar-refractivity contribution < 1.29 is 4.79 Å². The van der Waals surface area contributed by atoms with E-state index in [1.165, 1.54) is 18.4 Å². The number of carbonyl (C=O) groups is 1. The SMILES string of the molecule is CCC1CCCCN1c1nccc(C(=O)NCc2ccccc2C)n1. The van der Waals surface area contributed by atoms with Crippen LogP contribution in [-0.2, 0) is 6.54 Å². The van der Waals surface area contributed by atoms with Crippen LogP contribution in [-0.4, -0.2) is 28.5 Å². The van der Waals surface area contributed by atoms with Gasteiger partial charge >= 0.3 is 0 Å². The van der Waals surface area contributed by atoms with E-state index < -0.39 is 0 Å². The second kappa shape index (κ2) is 8.10. The van der Waals surface area contributed by atoms with Crippen molar-refractivity contribution in [2.45, 2.75) is 52.1 Å². The van der Waals surface area contributed by atoms with Crippen molar-refractivity contribution >= 4 is 11.9 Å². The number of hydrogen-bond acceptors (Lipinski definition) is 4. The highest BCUT2D eigenvalue weighted by Crippen LogP contribution is 2.23. The lowest BCUT2D eigenvalue weighted by atomic mass is 10.0. The van der Waals surface area contributed by atoms with E-state index in [-0.39, 0.29) is 5.91 Å². The standard InChI is InChI=1S/C20H26N4O/c1-3-17-10-6-7-13-24(17)20-21-12-11-18(23-20)19(25)22-14-16-9-5-4-8-15(16)2/h4-5,8-9,11-12,17H,3,6-7,10,13-14H2,1-2H3,(H,22,25). The lowest BCUT2D eigenvalue weighted by Crippen LogP contribution is -2.40. The second-order valence-electron chi connectivity index (χ2n) is 6.60. The van der Waals surface area contributed by atoms with E-state index in [1.54, 1.807) is 12.3 Å². The smallest absolute Gasteiger partial charge is 0.270 e. The molecule has 0 radical (unpaired) electrons. The Morgan fingerprint density at radius 1 is 1.28 bits per heavy atom. The third-order valence-corrected chi connectivity index (χ3v) is 4.93. The Morgan fingerprint density at radius 3 is 2.92 bits per heavy atom. The van der Waals surface area contributed by atoms with Crippen LogP contribution in [0, 0.1) is 6.92 Å². The maximum atomic E-state index is 12.5. The maximum Gasteiger partial charge on any atom is 0.270 e. The molecule has 1 amide bonds. The molecule has 0 bridgehead atoms. The molecule has 2 aromatic rings. The Labute approximate surface area is 149 Å². The van der Waals surface area contributed by atoms with Gasteiger partial charge in [0, 0.05) is 25.3 Å². The number of nitrogens with one attached hydrogen (secondary N) is 1. The Morgan fingerprint density at radius 2 is 2.12 bits per heavy atom. The van der Waals surface area contributed by atoms with Gasteiger partial charge in [0.15, 0.2) is 0 Å². The van der Waals surface area contributed by atoms with Crippen molar-refractivity contribution in [2.75, 3.05) is 11.4 Å². The largest absolute Gasteiger partial charge is 0.347 e. The zero-order valence-electron chi connectivity index (χ0n) is 15.0. The van der Waals surface area contributed by atoms with Gasteiger partial charge in [-0.05, 0) is 49.8 Å². The molecule has 0 spiro atoms. The number of nitrogens with zero attached hydrogens (tertiary/aromatic N) is 3. The van der Waals surface area contributed by atoms with Crippen molar-refractivity contribution in [3.8, 4) is 0 Å². The highest BCUT2D eigenvalue weighted by molar-refractivity contribution is 5.92. The van der Waals surface area contributed by atoms with Gasteiger partial charge in [-0.2, -0.15) is 0 Å². The number of hydrogen-bond donors (Lipinski definition) is 1. The Hall–Kier alpha value is -2.43. The molecule has 2 heterocycles. The molecule has 1 aliphatic heterocycles. The van der Waals surface area contributed by atoms with Gasteiger partial charge in [-0.15, -0.1) is 0 Å². The average Bonchev–Trinajstić information content (AvgIpc) is 2.67. The summed E-state index contributed by atoms with van der Waals surface area (Å²) in [5, 5.41) is 2.96. The van der Waals surface area contributed by atoms with Crippen LogP contribution in [0.15, 0.2) is 36.5 Å². The Bertz CT molecular complexity index is 731. The van der Waals surface area contributed by atoms with Gasteiger partial charge in [0.05, 0.1) is 0 Å². The van der Waals surface area contributed by atoms with Gasteiger partial charge in [0.2, 0.25) is 5.95 Å². The van der Waals surface area contributed by atoms with E-state index in [4.69, 9.17) is 0 Å². The highest BCUT2D eigenvalue weighted by atomic mass is 16.1. The first-order valence-corrected chi connectivity index (χ1v) is 9.11. The topological polar surface area (TPSA) is 58.1 Å². The molecular formula is C20H26N4O. The molecule has 1 saturated heterocycles. The molecule has 1 N–H and O–H groups in total. The lowest BCUT2D eigenvalue weighted by molar-refractivity contribution is 0.0945. The highest BCUT2D eigenvalue weighted by Gasteiger charge is 2.23. The number of amides is 1. The fourth-order valence-corrected chi connectivity index (χ4v) is 3.38. The molecule has 25 heavy (non-hydrogen) atoms. The summed E-state index contributed by atoms with van der Waals surface area (Å²) in [4.78, 5) is 23.7. The van der Waals surface area contributed by atoms with Crippen molar-refractivity contribution in [3.05, 3.63) is 53.3 Å². The Balaban J connectivity index is 1.70. The first-order valence-electron chi connectivity index (χ1n) is 9.11. The molecule has 0 saturated carbocycles. The van der Waals surface area contributed by atoms with E-state index in [2.05, 4.69) is 27.1 Å². The number of rotatable bonds is 5. The molecule has 1 aromatic carbocycles. The summed E-state index contributed by atoms with van der Waals surface area (Å²) < 4.78 is 0. The van der Waals surface area contributed by atoms with E-state index in [9.17, 15) is 4.79 Å². The molecule has 1 aromatic heterocycles. The van der Waals surface area contributed by atoms with Gasteiger partial charge in [-0.1, -0.05) is 31.2 Å². The number of aromatic nitrogens is 2. The zero-order valence-corrected chi connectivity index (χ0v) is 15.0. The number of benzene rings is 1. The molecular weight excluding hydrogens is 312 g/mol. The van der Waals surface area contributed by atoms with Crippen LogP contribution >= 0.6 is 0 Å². The molecule has 5 nitrogen and oxygen atoms in total. The number of anilines is 1. The summed E-state index contributed by atoms with van der Waals surface area (Å²) in [6.07, 6.45) is 6.35. The first-order chi connectivity index (χ1) is 12.2. The van der Waals surface area contributed by atoms with Crippen LogP contribution in [0.4, 0.5) is 5.95 Å². The molecule has 1 atom stereocenters. The van der Waals surface area contributed by atoms with Gasteiger partial charge in [-0.3, -0.25) is 4.79 Å². The van der Waals surface area contributed by atoms with E-state index in [0.29, 0.717) is 24.2 Å². The fraction of sp³-hybridized carbons (Fsp3) is 0.450. The quantitative estimate of drug-likeness (QED) is 0.907. The second-order valence-corrected chi connectivity index (χ2v) is 6.60. The van der Waals surface area contributed by atoms with Crippen molar-refractivity contribution in [2.24, 2.45) is 0 Å².